The Morgan fingerprint density at radius 2 is 2.19 bits per heavy atom. The number of rotatable bonds is 4. The Kier molecular flexibility index (Phi) is 3.92. The Hall–Kier alpha value is -0.660. The van der Waals surface area contributed by atoms with Crippen molar-refractivity contribution < 1.29 is 18.4 Å². The molecule has 6 nitrogen and oxygen atoms in total. The van der Waals surface area contributed by atoms with Crippen LogP contribution in [0.3, 0.4) is 0 Å². The van der Waals surface area contributed by atoms with Crippen LogP contribution in [0.5, 0.6) is 0 Å². The molecule has 2 N–H and O–H groups in total. The van der Waals surface area contributed by atoms with E-state index in [0.29, 0.717) is 19.5 Å². The van der Waals surface area contributed by atoms with Gasteiger partial charge in [-0.15, -0.1) is 0 Å². The molecule has 94 valence electrons. The SMILES string of the molecule is CC1(CCC(=O)NO)CCN(S(C)(=O)=O)C1. The van der Waals surface area contributed by atoms with Gasteiger partial charge < -0.3 is 0 Å². The Morgan fingerprint density at radius 3 is 2.62 bits per heavy atom. The average Bonchev–Trinajstić information content (AvgIpc) is 2.58. The first-order valence-corrected chi connectivity index (χ1v) is 7.00. The molecule has 0 aliphatic carbocycles. The second-order valence-electron chi connectivity index (χ2n) is 4.69. The lowest BCUT2D eigenvalue weighted by Crippen LogP contribution is -2.31. The largest absolute Gasteiger partial charge is 0.289 e. The van der Waals surface area contributed by atoms with Gasteiger partial charge in [-0.1, -0.05) is 6.92 Å². The predicted octanol–water partition coefficient (Wildman–Crippen LogP) is -0.0564. The number of hydrogen-bond acceptors (Lipinski definition) is 4. The number of nitrogens with one attached hydrogen (secondary N) is 1. The molecule has 1 aliphatic heterocycles. The van der Waals surface area contributed by atoms with Crippen molar-refractivity contribution in [3.63, 3.8) is 0 Å². The Balaban J connectivity index is 2.53. The van der Waals surface area contributed by atoms with E-state index in [1.54, 1.807) is 5.48 Å². The van der Waals surface area contributed by atoms with Crippen molar-refractivity contribution in [1.82, 2.24) is 9.79 Å². The quantitative estimate of drug-likeness (QED) is 0.541. The number of amides is 1. The number of carbonyl (C=O) groups excluding carboxylic acids is 1. The first kappa shape index (κ1) is 13.4. The summed E-state index contributed by atoms with van der Waals surface area (Å²) in [6.07, 6.45) is 2.73. The fourth-order valence-electron chi connectivity index (χ4n) is 1.94. The molecular formula is C9H18N2O4S. The van der Waals surface area contributed by atoms with Crippen LogP contribution in [0.1, 0.15) is 26.2 Å². The van der Waals surface area contributed by atoms with Crippen molar-refractivity contribution in [1.29, 1.82) is 0 Å². The van der Waals surface area contributed by atoms with E-state index in [1.165, 1.54) is 10.6 Å². The molecule has 0 aromatic rings. The zero-order valence-electron chi connectivity index (χ0n) is 9.56. The highest BCUT2D eigenvalue weighted by Gasteiger charge is 2.37. The molecule has 0 spiro atoms. The van der Waals surface area contributed by atoms with E-state index in [1.807, 2.05) is 6.92 Å². The standard InChI is InChI=1S/C9H18N2O4S/c1-9(4-3-8(12)10-13)5-6-11(7-9)16(2,14)15/h13H,3-7H2,1-2H3,(H,10,12). The van der Waals surface area contributed by atoms with Gasteiger partial charge in [-0.05, 0) is 18.3 Å². The summed E-state index contributed by atoms with van der Waals surface area (Å²) in [4.78, 5) is 10.9. The normalized spacial score (nSPS) is 26.9. The zero-order chi connectivity index (χ0) is 12.4. The maximum atomic E-state index is 11.3. The Morgan fingerprint density at radius 1 is 1.56 bits per heavy atom. The molecule has 7 heteroatoms. The van der Waals surface area contributed by atoms with Crippen molar-refractivity contribution in [3.05, 3.63) is 0 Å². The summed E-state index contributed by atoms with van der Waals surface area (Å²) in [5.74, 6) is -0.431. The summed E-state index contributed by atoms with van der Waals surface area (Å²) >= 11 is 0. The monoisotopic (exact) mass is 250 g/mol. The van der Waals surface area contributed by atoms with Gasteiger partial charge in [0.25, 0.3) is 0 Å². The van der Waals surface area contributed by atoms with E-state index in [2.05, 4.69) is 0 Å². The lowest BCUT2D eigenvalue weighted by molar-refractivity contribution is -0.129. The summed E-state index contributed by atoms with van der Waals surface area (Å²) in [5, 5.41) is 8.37. The van der Waals surface area contributed by atoms with E-state index in [-0.39, 0.29) is 11.8 Å². The molecule has 0 aromatic carbocycles. The minimum atomic E-state index is -3.13. The van der Waals surface area contributed by atoms with Gasteiger partial charge in [0.1, 0.15) is 0 Å². The summed E-state index contributed by atoms with van der Waals surface area (Å²) in [7, 11) is -3.13. The van der Waals surface area contributed by atoms with Gasteiger partial charge in [0.15, 0.2) is 0 Å². The maximum Gasteiger partial charge on any atom is 0.243 e. The van der Waals surface area contributed by atoms with E-state index in [9.17, 15) is 13.2 Å². The van der Waals surface area contributed by atoms with Crippen molar-refractivity contribution in [2.75, 3.05) is 19.3 Å². The van der Waals surface area contributed by atoms with Gasteiger partial charge >= 0.3 is 0 Å². The summed E-state index contributed by atoms with van der Waals surface area (Å²) in [6, 6.07) is 0. The summed E-state index contributed by atoms with van der Waals surface area (Å²) in [6.45, 7) is 2.92. The molecule has 1 unspecified atom stereocenters. The average molecular weight is 250 g/mol. The van der Waals surface area contributed by atoms with Crippen molar-refractivity contribution in [2.24, 2.45) is 5.41 Å². The summed E-state index contributed by atoms with van der Waals surface area (Å²) < 4.78 is 24.1. The van der Waals surface area contributed by atoms with Crippen LogP contribution < -0.4 is 5.48 Å². The predicted molar refractivity (Wildman–Crippen MR) is 58.3 cm³/mol. The fraction of sp³-hybridized carbons (Fsp3) is 0.889. The minimum Gasteiger partial charge on any atom is -0.289 e. The molecule has 1 fully saturated rings. The molecule has 1 atom stereocenters. The molecule has 0 radical (unpaired) electrons. The van der Waals surface area contributed by atoms with Crippen LogP contribution in [-0.4, -0.2) is 43.2 Å². The van der Waals surface area contributed by atoms with Gasteiger partial charge in [-0.3, -0.25) is 10.0 Å². The molecule has 1 amide bonds. The van der Waals surface area contributed by atoms with Crippen LogP contribution in [0, 0.1) is 5.41 Å². The van der Waals surface area contributed by atoms with Gasteiger partial charge in [-0.2, -0.15) is 0 Å². The molecule has 0 bridgehead atoms. The van der Waals surface area contributed by atoms with E-state index in [4.69, 9.17) is 5.21 Å². The number of nitrogens with zero attached hydrogens (tertiary/aromatic N) is 1. The molecule has 1 saturated heterocycles. The van der Waals surface area contributed by atoms with Gasteiger partial charge in [0.05, 0.1) is 6.26 Å². The second-order valence-corrected chi connectivity index (χ2v) is 6.67. The minimum absolute atomic E-state index is 0.171. The van der Waals surface area contributed by atoms with Crippen LogP contribution in [-0.2, 0) is 14.8 Å². The molecule has 1 aliphatic rings. The van der Waals surface area contributed by atoms with Crippen molar-refractivity contribution in [2.45, 2.75) is 26.2 Å². The third kappa shape index (κ3) is 3.43. The Labute approximate surface area is 95.6 Å². The van der Waals surface area contributed by atoms with Crippen LogP contribution >= 0.6 is 0 Å². The van der Waals surface area contributed by atoms with E-state index in [0.717, 1.165) is 6.42 Å². The number of carbonyl (C=O) groups is 1. The first-order valence-electron chi connectivity index (χ1n) is 5.15. The van der Waals surface area contributed by atoms with E-state index >= 15 is 0 Å². The van der Waals surface area contributed by atoms with Gasteiger partial charge in [0.2, 0.25) is 15.9 Å². The molecule has 0 aromatic heterocycles. The lowest BCUT2D eigenvalue weighted by atomic mass is 9.85. The van der Waals surface area contributed by atoms with Gasteiger partial charge in [-0.25, -0.2) is 18.2 Å². The van der Waals surface area contributed by atoms with Gasteiger partial charge in [0, 0.05) is 19.5 Å². The van der Waals surface area contributed by atoms with Crippen LogP contribution in [0.2, 0.25) is 0 Å². The third-order valence-electron chi connectivity index (χ3n) is 3.07. The second kappa shape index (κ2) is 4.68. The molecule has 1 rings (SSSR count). The number of hydrogen-bond donors (Lipinski definition) is 2. The smallest absolute Gasteiger partial charge is 0.243 e. The highest BCUT2D eigenvalue weighted by Crippen LogP contribution is 2.35. The lowest BCUT2D eigenvalue weighted by Gasteiger charge is -2.23. The number of hydroxylamine groups is 1. The molecule has 0 saturated carbocycles. The van der Waals surface area contributed by atoms with Crippen LogP contribution in [0.15, 0.2) is 0 Å². The topological polar surface area (TPSA) is 86.7 Å². The van der Waals surface area contributed by atoms with Crippen LogP contribution in [0.25, 0.3) is 0 Å². The third-order valence-corrected chi connectivity index (χ3v) is 4.32. The first-order chi connectivity index (χ1) is 7.27. The molecular weight excluding hydrogens is 232 g/mol. The Bertz CT molecular complexity index is 368. The molecule has 16 heavy (non-hydrogen) atoms. The molecule has 1 heterocycles. The highest BCUT2D eigenvalue weighted by molar-refractivity contribution is 7.88. The fourth-order valence-corrected chi connectivity index (χ4v) is 2.91. The maximum absolute atomic E-state index is 11.3. The van der Waals surface area contributed by atoms with Crippen molar-refractivity contribution >= 4 is 15.9 Å². The van der Waals surface area contributed by atoms with Crippen LogP contribution in [0.4, 0.5) is 0 Å². The van der Waals surface area contributed by atoms with Crippen molar-refractivity contribution in [3.8, 4) is 0 Å². The number of sulfonamides is 1. The highest BCUT2D eigenvalue weighted by atomic mass is 32.2. The van der Waals surface area contributed by atoms with E-state index < -0.39 is 15.9 Å². The zero-order valence-corrected chi connectivity index (χ0v) is 10.4. The summed E-state index contributed by atoms with van der Waals surface area (Å²) in [5.41, 5.74) is 1.41.